The fraction of sp³-hybridized carbons (Fsp3) is 0.750. The molecule has 0 spiro atoms. The number of rotatable bonds is 2. The van der Waals surface area contributed by atoms with E-state index < -0.39 is 17.5 Å². The van der Waals surface area contributed by atoms with E-state index in [0.29, 0.717) is 6.42 Å². The number of cyclic esters (lactones) is 1. The molecule has 1 fully saturated rings. The van der Waals surface area contributed by atoms with Gasteiger partial charge in [0.2, 0.25) is 0 Å². The molecule has 0 aliphatic carbocycles. The normalized spacial score (nSPS) is 26.8. The number of hydrogen-bond acceptors (Lipinski definition) is 3. The smallest absolute Gasteiger partial charge is 0.310 e. The maximum Gasteiger partial charge on any atom is 0.310 e. The van der Waals surface area contributed by atoms with E-state index in [1.807, 2.05) is 0 Å². The molecule has 1 saturated heterocycles. The first-order chi connectivity index (χ1) is 5.41. The summed E-state index contributed by atoms with van der Waals surface area (Å²) in [6.45, 7) is 3.57. The Bertz CT molecular complexity index is 219. The number of carboxylic acids is 1. The largest absolute Gasteiger partial charge is 0.481 e. The Kier molecular flexibility index (Phi) is 2.08. The van der Waals surface area contributed by atoms with E-state index in [4.69, 9.17) is 9.84 Å². The lowest BCUT2D eigenvalue weighted by atomic mass is 9.95. The highest BCUT2D eigenvalue weighted by Crippen LogP contribution is 2.32. The van der Waals surface area contributed by atoms with Crippen LogP contribution in [0.3, 0.4) is 0 Å². The highest BCUT2D eigenvalue weighted by Gasteiger charge is 2.40. The highest BCUT2D eigenvalue weighted by atomic mass is 16.6. The van der Waals surface area contributed by atoms with Crippen LogP contribution in [0, 0.1) is 5.92 Å². The minimum atomic E-state index is -0.949. The molecular weight excluding hydrogens is 160 g/mol. The zero-order valence-corrected chi connectivity index (χ0v) is 7.16. The lowest BCUT2D eigenvalue weighted by Gasteiger charge is -2.14. The maximum absolute atomic E-state index is 11.0. The van der Waals surface area contributed by atoms with Crippen LogP contribution in [0.1, 0.15) is 26.7 Å². The standard InChI is InChI=1S/C8H12O4/c1-8(2)4-5(3-6(9)10)7(11)12-8/h5H,3-4H2,1-2H3,(H,9,10)/t5-/m0/s1. The van der Waals surface area contributed by atoms with Crippen molar-refractivity contribution in [3.05, 3.63) is 0 Å². The molecular formula is C8H12O4. The Morgan fingerprint density at radius 2 is 2.33 bits per heavy atom. The van der Waals surface area contributed by atoms with E-state index in [0.717, 1.165) is 0 Å². The summed E-state index contributed by atoms with van der Waals surface area (Å²) in [4.78, 5) is 21.3. The van der Waals surface area contributed by atoms with Crippen molar-refractivity contribution in [3.8, 4) is 0 Å². The molecule has 12 heavy (non-hydrogen) atoms. The third kappa shape index (κ3) is 1.96. The average Bonchev–Trinajstić information content (AvgIpc) is 2.03. The number of carbonyl (C=O) groups is 2. The molecule has 1 heterocycles. The summed E-state index contributed by atoms with van der Waals surface area (Å²) in [6, 6.07) is 0. The molecule has 4 nitrogen and oxygen atoms in total. The van der Waals surface area contributed by atoms with Crippen molar-refractivity contribution in [3.63, 3.8) is 0 Å². The Hall–Kier alpha value is -1.06. The Balaban J connectivity index is 2.58. The van der Waals surface area contributed by atoms with Gasteiger partial charge in [0, 0.05) is 6.42 Å². The molecule has 1 atom stereocenters. The highest BCUT2D eigenvalue weighted by molar-refractivity contribution is 5.80. The lowest BCUT2D eigenvalue weighted by molar-refractivity contribution is -0.151. The van der Waals surface area contributed by atoms with Crippen LogP contribution in [-0.4, -0.2) is 22.6 Å². The molecule has 0 amide bonds. The summed E-state index contributed by atoms with van der Waals surface area (Å²) < 4.78 is 4.96. The van der Waals surface area contributed by atoms with Gasteiger partial charge in [0.25, 0.3) is 0 Å². The fourth-order valence-electron chi connectivity index (χ4n) is 1.44. The molecule has 1 N–H and O–H groups in total. The van der Waals surface area contributed by atoms with Gasteiger partial charge in [-0.1, -0.05) is 0 Å². The van der Waals surface area contributed by atoms with Gasteiger partial charge in [0.15, 0.2) is 0 Å². The number of hydrogen-bond donors (Lipinski definition) is 1. The molecule has 4 heteroatoms. The molecule has 0 saturated carbocycles. The lowest BCUT2D eigenvalue weighted by Crippen LogP contribution is -2.17. The minimum Gasteiger partial charge on any atom is -0.481 e. The summed E-state index contributed by atoms with van der Waals surface area (Å²) >= 11 is 0. The Morgan fingerprint density at radius 1 is 1.75 bits per heavy atom. The van der Waals surface area contributed by atoms with E-state index in [9.17, 15) is 9.59 Å². The van der Waals surface area contributed by atoms with Crippen LogP contribution < -0.4 is 0 Å². The molecule has 1 aliphatic rings. The molecule has 68 valence electrons. The van der Waals surface area contributed by atoms with Crippen molar-refractivity contribution in [1.29, 1.82) is 0 Å². The van der Waals surface area contributed by atoms with Gasteiger partial charge in [-0.15, -0.1) is 0 Å². The van der Waals surface area contributed by atoms with Crippen LogP contribution in [0.2, 0.25) is 0 Å². The molecule has 1 aliphatic heterocycles. The van der Waals surface area contributed by atoms with Gasteiger partial charge in [0.05, 0.1) is 12.3 Å². The van der Waals surface area contributed by atoms with Gasteiger partial charge < -0.3 is 9.84 Å². The van der Waals surface area contributed by atoms with Gasteiger partial charge in [0.1, 0.15) is 5.60 Å². The van der Waals surface area contributed by atoms with Crippen molar-refractivity contribution >= 4 is 11.9 Å². The van der Waals surface area contributed by atoms with Crippen molar-refractivity contribution in [2.45, 2.75) is 32.3 Å². The first-order valence-corrected chi connectivity index (χ1v) is 3.85. The zero-order chi connectivity index (χ0) is 9.35. The Morgan fingerprint density at radius 3 is 2.67 bits per heavy atom. The van der Waals surface area contributed by atoms with Crippen molar-refractivity contribution in [1.82, 2.24) is 0 Å². The first-order valence-electron chi connectivity index (χ1n) is 3.85. The van der Waals surface area contributed by atoms with E-state index in [1.54, 1.807) is 13.8 Å². The second-order valence-electron chi connectivity index (χ2n) is 3.68. The zero-order valence-electron chi connectivity index (χ0n) is 7.16. The molecule has 0 aromatic heterocycles. The summed E-state index contributed by atoms with van der Waals surface area (Å²) in [7, 11) is 0. The SMILES string of the molecule is CC1(C)C[C@H](CC(=O)O)C(=O)O1. The predicted molar refractivity (Wildman–Crippen MR) is 40.5 cm³/mol. The molecule has 0 radical (unpaired) electrons. The molecule has 0 aromatic rings. The molecule has 0 bridgehead atoms. The quantitative estimate of drug-likeness (QED) is 0.626. The van der Waals surface area contributed by atoms with E-state index in [2.05, 4.69) is 0 Å². The van der Waals surface area contributed by atoms with Crippen molar-refractivity contribution in [2.24, 2.45) is 5.92 Å². The van der Waals surface area contributed by atoms with Crippen LogP contribution in [0.5, 0.6) is 0 Å². The molecule has 1 rings (SSSR count). The monoisotopic (exact) mass is 172 g/mol. The third-order valence-electron chi connectivity index (χ3n) is 1.87. The molecule has 0 aromatic carbocycles. The second-order valence-corrected chi connectivity index (χ2v) is 3.68. The fourth-order valence-corrected chi connectivity index (χ4v) is 1.44. The predicted octanol–water partition coefficient (Wildman–Crippen LogP) is 0.803. The van der Waals surface area contributed by atoms with Crippen molar-refractivity contribution < 1.29 is 19.4 Å². The first kappa shape index (κ1) is 9.03. The molecule has 0 unspecified atom stereocenters. The number of carbonyl (C=O) groups excluding carboxylic acids is 1. The summed E-state index contributed by atoms with van der Waals surface area (Å²) in [5.74, 6) is -1.80. The van der Waals surface area contributed by atoms with E-state index in [1.165, 1.54) is 0 Å². The average molecular weight is 172 g/mol. The topological polar surface area (TPSA) is 63.6 Å². The summed E-state index contributed by atoms with van der Waals surface area (Å²) in [6.07, 6.45) is 0.375. The van der Waals surface area contributed by atoms with Gasteiger partial charge in [-0.25, -0.2) is 0 Å². The van der Waals surface area contributed by atoms with Crippen LogP contribution in [0.25, 0.3) is 0 Å². The number of aliphatic carboxylic acids is 1. The summed E-state index contributed by atoms with van der Waals surface area (Å²) in [5, 5.41) is 8.45. The summed E-state index contributed by atoms with van der Waals surface area (Å²) in [5.41, 5.74) is -0.489. The Labute approximate surface area is 70.5 Å². The minimum absolute atomic E-state index is 0.123. The van der Waals surface area contributed by atoms with E-state index >= 15 is 0 Å². The number of ether oxygens (including phenoxy) is 1. The van der Waals surface area contributed by atoms with Crippen LogP contribution in [0.15, 0.2) is 0 Å². The number of carboxylic acid groups (broad SMARTS) is 1. The third-order valence-corrected chi connectivity index (χ3v) is 1.87. The van der Waals surface area contributed by atoms with Gasteiger partial charge in [-0.2, -0.15) is 0 Å². The van der Waals surface area contributed by atoms with Gasteiger partial charge >= 0.3 is 11.9 Å². The van der Waals surface area contributed by atoms with Crippen LogP contribution >= 0.6 is 0 Å². The van der Waals surface area contributed by atoms with Crippen LogP contribution in [-0.2, 0) is 14.3 Å². The number of esters is 1. The van der Waals surface area contributed by atoms with E-state index in [-0.39, 0.29) is 12.4 Å². The van der Waals surface area contributed by atoms with Crippen LogP contribution in [0.4, 0.5) is 0 Å². The van der Waals surface area contributed by atoms with Crippen molar-refractivity contribution in [2.75, 3.05) is 0 Å². The van der Waals surface area contributed by atoms with Gasteiger partial charge in [-0.3, -0.25) is 9.59 Å². The van der Waals surface area contributed by atoms with Gasteiger partial charge in [-0.05, 0) is 13.8 Å². The maximum atomic E-state index is 11.0. The second kappa shape index (κ2) is 2.77.